The van der Waals surface area contributed by atoms with Crippen molar-refractivity contribution in [3.63, 3.8) is 0 Å². The van der Waals surface area contributed by atoms with Crippen LogP contribution in [0, 0.1) is 0 Å². The van der Waals surface area contributed by atoms with Crippen LogP contribution in [-0.4, -0.2) is 47.5 Å². The summed E-state index contributed by atoms with van der Waals surface area (Å²) in [5.74, 6) is -1.22. The van der Waals surface area contributed by atoms with Crippen LogP contribution in [0.1, 0.15) is 33.6 Å². The molecule has 4 rings (SSSR count). The van der Waals surface area contributed by atoms with Gasteiger partial charge in [0.2, 0.25) is 5.91 Å². The largest absolute Gasteiger partial charge is 0.506 e. The minimum Gasteiger partial charge on any atom is -0.506 e. The summed E-state index contributed by atoms with van der Waals surface area (Å²) in [6.07, 6.45) is 1.23. The summed E-state index contributed by atoms with van der Waals surface area (Å²) in [4.78, 5) is 39.1. The summed E-state index contributed by atoms with van der Waals surface area (Å²) >= 11 is 0. The van der Waals surface area contributed by atoms with E-state index in [1.807, 2.05) is 12.1 Å². The smallest absolute Gasteiger partial charge is 0.337 e. The number of phenols is 1. The average Bonchev–Trinajstić information content (AvgIpc) is 3.29. The number of phenolic OH excluding ortho intramolecular Hbond substituents is 1. The lowest BCUT2D eigenvalue weighted by molar-refractivity contribution is -0.119. The summed E-state index contributed by atoms with van der Waals surface area (Å²) in [5, 5.41) is 14.9. The molecule has 7 nitrogen and oxygen atoms in total. The monoisotopic (exact) mass is 418 g/mol. The first-order chi connectivity index (χ1) is 15.0. The molecule has 1 fully saturated rings. The van der Waals surface area contributed by atoms with Gasteiger partial charge in [-0.15, -0.1) is 0 Å². The van der Waals surface area contributed by atoms with Gasteiger partial charge in [0, 0.05) is 17.6 Å². The minimum atomic E-state index is -0.640. The molecule has 2 N–H and O–H groups in total. The summed E-state index contributed by atoms with van der Waals surface area (Å²) in [6.45, 7) is 0.435. The van der Waals surface area contributed by atoms with Crippen LogP contribution in [0.5, 0.6) is 5.75 Å². The number of esters is 1. The lowest BCUT2D eigenvalue weighted by atomic mass is 10.0. The number of nitrogens with zero attached hydrogens (tertiary/aromatic N) is 1. The molecule has 0 aromatic heterocycles. The number of carbonyl (C=O) groups is 3. The van der Waals surface area contributed by atoms with Crippen molar-refractivity contribution in [1.29, 1.82) is 0 Å². The number of methoxy groups -OCH3 is 1. The molecule has 0 radical (unpaired) electrons. The number of nitrogens with one attached hydrogen (secondary N) is 1. The third kappa shape index (κ3) is 3.94. The predicted molar refractivity (Wildman–Crippen MR) is 116 cm³/mol. The van der Waals surface area contributed by atoms with Crippen LogP contribution < -0.4 is 5.32 Å². The Hall–Kier alpha value is -3.87. The molecule has 31 heavy (non-hydrogen) atoms. The number of amides is 2. The number of likely N-dealkylation sites (tertiary alicyclic amines) is 1. The Morgan fingerprint density at radius 1 is 1.03 bits per heavy atom. The second kappa shape index (κ2) is 8.47. The molecule has 1 saturated heterocycles. The van der Waals surface area contributed by atoms with Gasteiger partial charge in [-0.05, 0) is 48.6 Å². The third-order valence-corrected chi connectivity index (χ3v) is 5.52. The van der Waals surface area contributed by atoms with Crippen LogP contribution in [0.15, 0.2) is 60.7 Å². The van der Waals surface area contributed by atoms with Crippen molar-refractivity contribution >= 4 is 34.2 Å². The minimum absolute atomic E-state index is 0.0763. The SMILES string of the molecule is COC(=O)c1ccc(NC(=O)C2CCCN2C(=O)c2ccc3ccccc3c2O)cc1. The zero-order valence-corrected chi connectivity index (χ0v) is 17.0. The van der Waals surface area contributed by atoms with Crippen molar-refractivity contribution in [2.75, 3.05) is 19.0 Å². The van der Waals surface area contributed by atoms with E-state index in [1.54, 1.807) is 48.5 Å². The molecule has 7 heteroatoms. The molecule has 1 aliphatic rings. The number of carbonyl (C=O) groups excluding carboxylic acids is 3. The number of hydrogen-bond acceptors (Lipinski definition) is 5. The Labute approximate surface area is 179 Å². The van der Waals surface area contributed by atoms with E-state index in [-0.39, 0.29) is 23.1 Å². The number of anilines is 1. The van der Waals surface area contributed by atoms with Crippen LogP contribution >= 0.6 is 0 Å². The molecule has 1 heterocycles. The van der Waals surface area contributed by atoms with Crippen LogP contribution in [0.4, 0.5) is 5.69 Å². The highest BCUT2D eigenvalue weighted by atomic mass is 16.5. The topological polar surface area (TPSA) is 95.9 Å². The number of benzene rings is 3. The Kier molecular flexibility index (Phi) is 5.58. The van der Waals surface area contributed by atoms with Crippen molar-refractivity contribution in [1.82, 2.24) is 4.90 Å². The molecule has 0 spiro atoms. The first-order valence-corrected chi connectivity index (χ1v) is 10.0. The molecular weight excluding hydrogens is 396 g/mol. The lowest BCUT2D eigenvalue weighted by Gasteiger charge is -2.24. The molecule has 1 aliphatic heterocycles. The highest BCUT2D eigenvalue weighted by Crippen LogP contribution is 2.31. The fourth-order valence-corrected chi connectivity index (χ4v) is 3.90. The number of ether oxygens (including phenoxy) is 1. The van der Waals surface area contributed by atoms with Gasteiger partial charge < -0.3 is 20.1 Å². The maximum Gasteiger partial charge on any atom is 0.337 e. The molecule has 0 aliphatic carbocycles. The number of fused-ring (bicyclic) bond motifs is 1. The summed E-state index contributed by atoms with van der Waals surface area (Å²) in [6, 6.07) is 16.4. The van der Waals surface area contributed by atoms with Gasteiger partial charge >= 0.3 is 5.97 Å². The molecule has 1 atom stereocenters. The van der Waals surface area contributed by atoms with Gasteiger partial charge in [-0.25, -0.2) is 4.79 Å². The van der Waals surface area contributed by atoms with E-state index in [9.17, 15) is 19.5 Å². The van der Waals surface area contributed by atoms with Crippen LogP contribution in [0.25, 0.3) is 10.8 Å². The normalized spacial score (nSPS) is 15.6. The van der Waals surface area contributed by atoms with Crippen LogP contribution in [0.3, 0.4) is 0 Å². The number of aromatic hydroxyl groups is 1. The van der Waals surface area contributed by atoms with Gasteiger partial charge in [-0.1, -0.05) is 30.3 Å². The van der Waals surface area contributed by atoms with Crippen LogP contribution in [-0.2, 0) is 9.53 Å². The highest BCUT2D eigenvalue weighted by molar-refractivity contribution is 6.06. The van der Waals surface area contributed by atoms with Gasteiger partial charge in [0.15, 0.2) is 0 Å². The van der Waals surface area contributed by atoms with Gasteiger partial charge in [0.1, 0.15) is 11.8 Å². The zero-order valence-electron chi connectivity index (χ0n) is 17.0. The maximum atomic E-state index is 13.2. The second-order valence-corrected chi connectivity index (χ2v) is 7.40. The molecular formula is C24H22N2O5. The van der Waals surface area contributed by atoms with E-state index in [0.29, 0.717) is 36.0 Å². The van der Waals surface area contributed by atoms with Gasteiger partial charge in [0.05, 0.1) is 18.2 Å². The fourth-order valence-electron chi connectivity index (χ4n) is 3.90. The van der Waals surface area contributed by atoms with E-state index in [0.717, 1.165) is 5.39 Å². The molecule has 3 aromatic carbocycles. The van der Waals surface area contributed by atoms with E-state index < -0.39 is 12.0 Å². The highest BCUT2D eigenvalue weighted by Gasteiger charge is 2.35. The summed E-state index contributed by atoms with van der Waals surface area (Å²) in [7, 11) is 1.30. The van der Waals surface area contributed by atoms with Crippen molar-refractivity contribution in [3.05, 3.63) is 71.8 Å². The predicted octanol–water partition coefficient (Wildman–Crippen LogP) is 3.58. The van der Waals surface area contributed by atoms with Crippen LogP contribution in [0.2, 0.25) is 0 Å². The van der Waals surface area contributed by atoms with Gasteiger partial charge in [0.25, 0.3) is 5.91 Å². The first kappa shape index (κ1) is 20.4. The average molecular weight is 418 g/mol. The van der Waals surface area contributed by atoms with E-state index >= 15 is 0 Å². The van der Waals surface area contributed by atoms with E-state index in [4.69, 9.17) is 0 Å². The molecule has 158 valence electrons. The second-order valence-electron chi connectivity index (χ2n) is 7.40. The molecule has 0 bridgehead atoms. The third-order valence-electron chi connectivity index (χ3n) is 5.52. The van der Waals surface area contributed by atoms with Crippen molar-refractivity contribution < 1.29 is 24.2 Å². The Bertz CT molecular complexity index is 1160. The quantitative estimate of drug-likeness (QED) is 0.632. The molecule has 2 amide bonds. The van der Waals surface area contributed by atoms with E-state index in [1.165, 1.54) is 12.0 Å². The van der Waals surface area contributed by atoms with Gasteiger partial charge in [-0.2, -0.15) is 0 Å². The Morgan fingerprint density at radius 3 is 2.52 bits per heavy atom. The Balaban J connectivity index is 1.52. The first-order valence-electron chi connectivity index (χ1n) is 10.0. The standard InChI is InChI=1S/C24H22N2O5/c1-31-24(30)16-8-11-17(12-9-16)25-22(28)20-7-4-14-26(20)23(29)19-13-10-15-5-2-3-6-18(15)21(19)27/h2-3,5-6,8-13,20,27H,4,7,14H2,1H3,(H,25,28). The fraction of sp³-hybridized carbons (Fsp3) is 0.208. The number of hydrogen-bond donors (Lipinski definition) is 2. The van der Waals surface area contributed by atoms with Crippen molar-refractivity contribution in [2.24, 2.45) is 0 Å². The molecule has 1 unspecified atom stereocenters. The summed E-state index contributed by atoms with van der Waals surface area (Å²) < 4.78 is 4.67. The van der Waals surface area contributed by atoms with Crippen molar-refractivity contribution in [3.8, 4) is 5.75 Å². The maximum absolute atomic E-state index is 13.2. The lowest BCUT2D eigenvalue weighted by Crippen LogP contribution is -2.43. The van der Waals surface area contributed by atoms with Gasteiger partial charge in [-0.3, -0.25) is 9.59 Å². The molecule has 3 aromatic rings. The van der Waals surface area contributed by atoms with Crippen molar-refractivity contribution in [2.45, 2.75) is 18.9 Å². The summed E-state index contributed by atoms with van der Waals surface area (Å²) in [5.41, 5.74) is 1.08. The molecule has 0 saturated carbocycles. The number of rotatable bonds is 4. The van der Waals surface area contributed by atoms with E-state index in [2.05, 4.69) is 10.1 Å². The Morgan fingerprint density at radius 2 is 1.77 bits per heavy atom. The zero-order chi connectivity index (χ0) is 22.0.